The molecule has 5 nitrogen and oxygen atoms in total. The Hall–Kier alpha value is -3.25. The van der Waals surface area contributed by atoms with Gasteiger partial charge in [0.2, 0.25) is 0 Å². The maximum absolute atomic E-state index is 13.4. The molecular weight excluding hydrogens is 381 g/mol. The second-order valence-corrected chi connectivity index (χ2v) is 5.89. The predicted molar refractivity (Wildman–Crippen MR) is 107 cm³/mol. The molecule has 0 bridgehead atoms. The number of halogens is 2. The van der Waals surface area contributed by atoms with Gasteiger partial charge in [0.15, 0.2) is 5.69 Å². The summed E-state index contributed by atoms with van der Waals surface area (Å²) in [7, 11) is 0. The standard InChI is InChI=1S/C21H16FN3O2.ClH/c1-2-27-21(26)18-5-3-4-17-19(14-10-12-23-13-11-14)20(24-25(17)18)15-6-8-16(22)9-7-15;/h3-13H,2H2,1H3;1H. The summed E-state index contributed by atoms with van der Waals surface area (Å²) in [5.74, 6) is -0.766. The van der Waals surface area contributed by atoms with Crippen molar-refractivity contribution in [1.82, 2.24) is 14.6 Å². The van der Waals surface area contributed by atoms with Gasteiger partial charge in [0.1, 0.15) is 11.5 Å². The van der Waals surface area contributed by atoms with Crippen molar-refractivity contribution in [2.75, 3.05) is 6.61 Å². The van der Waals surface area contributed by atoms with E-state index in [1.165, 1.54) is 12.1 Å². The van der Waals surface area contributed by atoms with Crippen LogP contribution in [0.15, 0.2) is 67.0 Å². The van der Waals surface area contributed by atoms with E-state index >= 15 is 0 Å². The van der Waals surface area contributed by atoms with Crippen LogP contribution < -0.4 is 0 Å². The van der Waals surface area contributed by atoms with Crippen molar-refractivity contribution in [2.24, 2.45) is 0 Å². The van der Waals surface area contributed by atoms with Crippen LogP contribution in [0.1, 0.15) is 17.4 Å². The van der Waals surface area contributed by atoms with Gasteiger partial charge < -0.3 is 4.74 Å². The summed E-state index contributed by atoms with van der Waals surface area (Å²) >= 11 is 0. The van der Waals surface area contributed by atoms with Gasteiger partial charge in [0.25, 0.3) is 0 Å². The number of esters is 1. The second kappa shape index (κ2) is 8.19. The molecular formula is C21H17ClFN3O2. The molecule has 142 valence electrons. The van der Waals surface area contributed by atoms with Crippen molar-refractivity contribution in [1.29, 1.82) is 0 Å². The first-order valence-electron chi connectivity index (χ1n) is 8.54. The van der Waals surface area contributed by atoms with Crippen LogP contribution in [0.5, 0.6) is 0 Å². The number of nitrogens with zero attached hydrogens (tertiary/aromatic N) is 3. The first-order chi connectivity index (χ1) is 13.2. The first-order valence-corrected chi connectivity index (χ1v) is 8.54. The molecule has 0 atom stereocenters. The average molecular weight is 398 g/mol. The van der Waals surface area contributed by atoms with E-state index in [1.54, 1.807) is 48.1 Å². The third-order valence-electron chi connectivity index (χ3n) is 4.23. The van der Waals surface area contributed by atoms with E-state index in [4.69, 9.17) is 4.74 Å². The largest absolute Gasteiger partial charge is 0.461 e. The number of hydrogen-bond acceptors (Lipinski definition) is 4. The van der Waals surface area contributed by atoms with Crippen molar-refractivity contribution in [3.05, 3.63) is 78.5 Å². The van der Waals surface area contributed by atoms with Crippen LogP contribution in [0.4, 0.5) is 4.39 Å². The van der Waals surface area contributed by atoms with Crippen molar-refractivity contribution < 1.29 is 13.9 Å². The molecule has 1 aromatic carbocycles. The topological polar surface area (TPSA) is 56.5 Å². The maximum Gasteiger partial charge on any atom is 0.356 e. The Bertz CT molecular complexity index is 1110. The number of carbonyl (C=O) groups excluding carboxylic acids is 1. The van der Waals surface area contributed by atoms with Crippen LogP contribution in [0.2, 0.25) is 0 Å². The van der Waals surface area contributed by atoms with Crippen LogP contribution in [-0.4, -0.2) is 27.2 Å². The smallest absolute Gasteiger partial charge is 0.356 e. The average Bonchev–Trinajstić information content (AvgIpc) is 3.09. The number of fused-ring (bicyclic) bond motifs is 1. The number of hydrogen-bond donors (Lipinski definition) is 0. The fourth-order valence-electron chi connectivity index (χ4n) is 3.04. The minimum atomic E-state index is -0.447. The van der Waals surface area contributed by atoms with Gasteiger partial charge in [-0.05, 0) is 61.0 Å². The quantitative estimate of drug-likeness (QED) is 0.464. The normalized spacial score (nSPS) is 10.5. The molecule has 3 heterocycles. The van der Waals surface area contributed by atoms with Crippen LogP contribution in [0.3, 0.4) is 0 Å². The minimum Gasteiger partial charge on any atom is -0.461 e. The molecule has 0 aliphatic rings. The van der Waals surface area contributed by atoms with E-state index in [1.807, 2.05) is 18.2 Å². The molecule has 0 saturated carbocycles. The van der Waals surface area contributed by atoms with Gasteiger partial charge in [0.05, 0.1) is 12.1 Å². The van der Waals surface area contributed by atoms with Gasteiger partial charge in [-0.25, -0.2) is 13.7 Å². The van der Waals surface area contributed by atoms with Gasteiger partial charge in [-0.1, -0.05) is 6.07 Å². The van der Waals surface area contributed by atoms with E-state index in [0.29, 0.717) is 11.4 Å². The Morgan fingerprint density at radius 1 is 1.04 bits per heavy atom. The Morgan fingerprint density at radius 3 is 2.43 bits per heavy atom. The molecule has 0 aliphatic heterocycles. The van der Waals surface area contributed by atoms with Crippen LogP contribution in [0, 0.1) is 5.82 Å². The van der Waals surface area contributed by atoms with E-state index in [9.17, 15) is 9.18 Å². The fraction of sp³-hybridized carbons (Fsp3) is 0.0952. The van der Waals surface area contributed by atoms with Crippen molar-refractivity contribution in [2.45, 2.75) is 6.92 Å². The molecule has 0 N–H and O–H groups in total. The molecule has 4 rings (SSSR count). The Labute approximate surface area is 167 Å². The third-order valence-corrected chi connectivity index (χ3v) is 4.23. The molecule has 0 spiro atoms. The molecule has 0 fully saturated rings. The summed E-state index contributed by atoms with van der Waals surface area (Å²) < 4.78 is 20.1. The van der Waals surface area contributed by atoms with Crippen molar-refractivity contribution >= 4 is 23.9 Å². The highest BCUT2D eigenvalue weighted by molar-refractivity contribution is 5.95. The lowest BCUT2D eigenvalue weighted by atomic mass is 10.0. The number of ether oxygens (including phenoxy) is 1. The highest BCUT2D eigenvalue weighted by Gasteiger charge is 2.20. The van der Waals surface area contributed by atoms with Gasteiger partial charge >= 0.3 is 5.97 Å². The summed E-state index contributed by atoms with van der Waals surface area (Å²) in [6.45, 7) is 2.03. The second-order valence-electron chi connectivity index (χ2n) is 5.89. The maximum atomic E-state index is 13.4. The zero-order valence-electron chi connectivity index (χ0n) is 15.0. The SMILES string of the molecule is CCOC(=O)c1cccc2c(-c3ccncc3)c(-c3ccc(F)cc3)nn12.Cl. The van der Waals surface area contributed by atoms with Gasteiger partial charge in [-0.15, -0.1) is 12.4 Å². The van der Waals surface area contributed by atoms with E-state index in [0.717, 1.165) is 22.2 Å². The van der Waals surface area contributed by atoms with Crippen molar-refractivity contribution in [3.63, 3.8) is 0 Å². The zero-order chi connectivity index (χ0) is 18.8. The fourth-order valence-corrected chi connectivity index (χ4v) is 3.04. The molecule has 0 unspecified atom stereocenters. The summed E-state index contributed by atoms with van der Waals surface area (Å²) in [4.78, 5) is 16.4. The monoisotopic (exact) mass is 397 g/mol. The first kappa shape index (κ1) is 19.5. The van der Waals surface area contributed by atoms with Gasteiger partial charge in [0, 0.05) is 23.5 Å². The lowest BCUT2D eigenvalue weighted by Crippen LogP contribution is -2.10. The van der Waals surface area contributed by atoms with E-state index < -0.39 is 5.97 Å². The molecule has 0 aliphatic carbocycles. The van der Waals surface area contributed by atoms with Gasteiger partial charge in [-0.2, -0.15) is 5.10 Å². The number of carbonyl (C=O) groups is 1. The van der Waals surface area contributed by atoms with E-state index in [-0.39, 0.29) is 24.8 Å². The highest BCUT2D eigenvalue weighted by atomic mass is 35.5. The molecule has 4 aromatic rings. The molecule has 0 saturated heterocycles. The molecule has 3 aromatic heterocycles. The summed E-state index contributed by atoms with van der Waals surface area (Å²) in [5, 5.41) is 4.67. The lowest BCUT2D eigenvalue weighted by molar-refractivity contribution is 0.0516. The predicted octanol–water partition coefficient (Wildman–Crippen LogP) is 4.80. The molecule has 7 heteroatoms. The Balaban J connectivity index is 0.00000225. The Kier molecular flexibility index (Phi) is 5.70. The zero-order valence-corrected chi connectivity index (χ0v) is 15.8. The number of rotatable bonds is 4. The highest BCUT2D eigenvalue weighted by Crippen LogP contribution is 2.35. The molecule has 28 heavy (non-hydrogen) atoms. The number of aromatic nitrogens is 3. The molecule has 0 radical (unpaired) electrons. The summed E-state index contributed by atoms with van der Waals surface area (Å²) in [6, 6.07) is 15.2. The van der Waals surface area contributed by atoms with Crippen LogP contribution in [0.25, 0.3) is 27.9 Å². The number of benzene rings is 1. The van der Waals surface area contributed by atoms with E-state index in [2.05, 4.69) is 10.1 Å². The molecule has 0 amide bonds. The summed E-state index contributed by atoms with van der Waals surface area (Å²) in [5.41, 5.74) is 4.24. The number of pyridine rings is 2. The third kappa shape index (κ3) is 3.46. The minimum absolute atomic E-state index is 0. The summed E-state index contributed by atoms with van der Waals surface area (Å²) in [6.07, 6.45) is 3.39. The van der Waals surface area contributed by atoms with Crippen LogP contribution >= 0.6 is 12.4 Å². The Morgan fingerprint density at radius 2 is 1.75 bits per heavy atom. The van der Waals surface area contributed by atoms with Crippen LogP contribution in [-0.2, 0) is 4.74 Å². The van der Waals surface area contributed by atoms with Gasteiger partial charge in [-0.3, -0.25) is 4.98 Å². The lowest BCUT2D eigenvalue weighted by Gasteiger charge is -2.05. The van der Waals surface area contributed by atoms with Crippen molar-refractivity contribution in [3.8, 4) is 22.4 Å².